The van der Waals surface area contributed by atoms with Gasteiger partial charge >= 0.3 is 0 Å². The van der Waals surface area contributed by atoms with Crippen molar-refractivity contribution < 1.29 is 19.3 Å². The molecule has 124 valence electrons. The SMILES string of the molecule is Cc1cn2cccc(O[C@@H]3SC[C@H]4OC(C)(C)O[C@@H]4[C@H]3O)c2n1. The summed E-state index contributed by atoms with van der Waals surface area (Å²) in [6, 6.07) is 3.78. The number of aromatic nitrogens is 2. The van der Waals surface area contributed by atoms with Crippen molar-refractivity contribution in [3.8, 4) is 5.75 Å². The number of imidazole rings is 1. The smallest absolute Gasteiger partial charge is 0.179 e. The number of ether oxygens (including phenoxy) is 3. The molecule has 0 amide bonds. The van der Waals surface area contributed by atoms with Crippen LogP contribution in [0.5, 0.6) is 5.75 Å². The normalized spacial score (nSPS) is 32.9. The fourth-order valence-corrected chi connectivity index (χ4v) is 4.32. The quantitative estimate of drug-likeness (QED) is 0.905. The molecule has 0 aliphatic carbocycles. The standard InChI is InChI=1S/C16H20N2O4S/c1-9-7-18-6-4-5-10(14(18)17-9)20-15-12(19)13-11(8-23-15)21-16(2,3)22-13/h4-7,11-13,15,19H,8H2,1-3H3/t11-,12-,13+,15-/m1/s1. The predicted molar refractivity (Wildman–Crippen MR) is 86.6 cm³/mol. The first-order valence-corrected chi connectivity index (χ1v) is 8.74. The second-order valence-corrected chi connectivity index (χ2v) is 7.57. The number of rotatable bonds is 2. The van der Waals surface area contributed by atoms with Gasteiger partial charge in [0.15, 0.2) is 22.6 Å². The van der Waals surface area contributed by atoms with Crippen LogP contribution >= 0.6 is 11.8 Å². The molecule has 2 aromatic heterocycles. The topological polar surface area (TPSA) is 65.2 Å². The Morgan fingerprint density at radius 1 is 1.43 bits per heavy atom. The van der Waals surface area contributed by atoms with Crippen LogP contribution in [0, 0.1) is 6.92 Å². The van der Waals surface area contributed by atoms with Crippen LogP contribution in [-0.4, -0.2) is 49.8 Å². The van der Waals surface area contributed by atoms with E-state index in [9.17, 15) is 5.11 Å². The van der Waals surface area contributed by atoms with Gasteiger partial charge < -0.3 is 23.7 Å². The van der Waals surface area contributed by atoms with Gasteiger partial charge in [-0.05, 0) is 32.9 Å². The third-order valence-electron chi connectivity index (χ3n) is 4.07. The third kappa shape index (κ3) is 2.71. The maximum atomic E-state index is 10.6. The summed E-state index contributed by atoms with van der Waals surface area (Å²) in [4.78, 5) is 4.48. The molecule has 0 radical (unpaired) electrons. The summed E-state index contributed by atoms with van der Waals surface area (Å²) in [6.45, 7) is 5.68. The molecule has 2 aliphatic rings. The highest BCUT2D eigenvalue weighted by Gasteiger charge is 2.51. The first kappa shape index (κ1) is 15.3. The minimum absolute atomic E-state index is 0.102. The maximum absolute atomic E-state index is 10.6. The largest absolute Gasteiger partial charge is 0.473 e. The summed E-state index contributed by atoms with van der Waals surface area (Å²) >= 11 is 1.54. The summed E-state index contributed by atoms with van der Waals surface area (Å²) in [5.41, 5.74) is 1.27. The Balaban J connectivity index is 1.57. The summed E-state index contributed by atoms with van der Waals surface area (Å²) in [6.07, 6.45) is 2.65. The van der Waals surface area contributed by atoms with E-state index in [0.29, 0.717) is 5.75 Å². The zero-order chi connectivity index (χ0) is 16.2. The Morgan fingerprint density at radius 2 is 2.26 bits per heavy atom. The van der Waals surface area contributed by atoms with Gasteiger partial charge in [0.1, 0.15) is 12.2 Å². The number of hydrogen-bond donors (Lipinski definition) is 1. The highest BCUT2D eigenvalue weighted by molar-refractivity contribution is 7.99. The fourth-order valence-electron chi connectivity index (χ4n) is 3.16. The first-order valence-electron chi connectivity index (χ1n) is 7.69. The molecule has 2 fully saturated rings. The zero-order valence-electron chi connectivity index (χ0n) is 13.3. The number of aliphatic hydroxyl groups excluding tert-OH is 1. The molecule has 2 aliphatic heterocycles. The Kier molecular flexibility index (Phi) is 3.57. The van der Waals surface area contributed by atoms with Gasteiger partial charge in [0.05, 0.1) is 11.8 Å². The molecular formula is C16H20N2O4S. The molecule has 4 rings (SSSR count). The Morgan fingerprint density at radius 3 is 3.09 bits per heavy atom. The Bertz CT molecular complexity index is 732. The van der Waals surface area contributed by atoms with E-state index in [1.807, 2.05) is 49.7 Å². The van der Waals surface area contributed by atoms with Gasteiger partial charge in [-0.3, -0.25) is 0 Å². The van der Waals surface area contributed by atoms with Crippen LogP contribution in [0.25, 0.3) is 5.65 Å². The van der Waals surface area contributed by atoms with Crippen molar-refractivity contribution in [2.75, 3.05) is 5.75 Å². The van der Waals surface area contributed by atoms with Crippen molar-refractivity contribution in [2.45, 2.75) is 50.3 Å². The van der Waals surface area contributed by atoms with Crippen molar-refractivity contribution in [1.82, 2.24) is 9.38 Å². The minimum Gasteiger partial charge on any atom is -0.473 e. The molecular weight excluding hydrogens is 316 g/mol. The van der Waals surface area contributed by atoms with Crippen LogP contribution in [0.3, 0.4) is 0 Å². The van der Waals surface area contributed by atoms with Crippen LogP contribution in [-0.2, 0) is 9.47 Å². The van der Waals surface area contributed by atoms with Crippen molar-refractivity contribution in [2.24, 2.45) is 0 Å². The molecule has 4 heterocycles. The van der Waals surface area contributed by atoms with Crippen molar-refractivity contribution >= 4 is 17.4 Å². The van der Waals surface area contributed by atoms with E-state index in [-0.39, 0.29) is 12.2 Å². The Labute approximate surface area is 138 Å². The molecule has 7 heteroatoms. The lowest BCUT2D eigenvalue weighted by molar-refractivity contribution is -0.156. The summed E-state index contributed by atoms with van der Waals surface area (Å²) in [5, 5.41) is 10.6. The minimum atomic E-state index is -0.753. The average Bonchev–Trinajstić information content (AvgIpc) is 3.01. The first-order chi connectivity index (χ1) is 10.9. The van der Waals surface area contributed by atoms with Gasteiger partial charge in [0.25, 0.3) is 0 Å². The fraction of sp³-hybridized carbons (Fsp3) is 0.562. The molecule has 23 heavy (non-hydrogen) atoms. The van der Waals surface area contributed by atoms with Gasteiger partial charge in [0, 0.05) is 18.1 Å². The summed E-state index contributed by atoms with van der Waals surface area (Å²) in [7, 11) is 0. The van der Waals surface area contributed by atoms with E-state index >= 15 is 0 Å². The maximum Gasteiger partial charge on any atom is 0.179 e. The van der Waals surface area contributed by atoms with Gasteiger partial charge in [-0.25, -0.2) is 4.98 Å². The van der Waals surface area contributed by atoms with E-state index in [2.05, 4.69) is 4.98 Å². The predicted octanol–water partition coefficient (Wildman–Crippen LogP) is 1.98. The number of fused-ring (bicyclic) bond motifs is 2. The van der Waals surface area contributed by atoms with Crippen LogP contribution in [0.4, 0.5) is 0 Å². The van der Waals surface area contributed by atoms with E-state index in [1.165, 1.54) is 0 Å². The lowest BCUT2D eigenvalue weighted by atomic mass is 10.1. The molecule has 2 saturated heterocycles. The van der Waals surface area contributed by atoms with Crippen molar-refractivity contribution in [3.05, 3.63) is 30.2 Å². The molecule has 4 atom stereocenters. The number of thioether (sulfide) groups is 1. The summed E-state index contributed by atoms with van der Waals surface area (Å²) < 4.78 is 19.6. The highest BCUT2D eigenvalue weighted by atomic mass is 32.2. The van der Waals surface area contributed by atoms with E-state index < -0.39 is 17.3 Å². The van der Waals surface area contributed by atoms with Crippen LogP contribution < -0.4 is 4.74 Å². The monoisotopic (exact) mass is 336 g/mol. The number of aryl methyl sites for hydroxylation is 1. The third-order valence-corrected chi connectivity index (χ3v) is 5.30. The van der Waals surface area contributed by atoms with Crippen LogP contribution in [0.2, 0.25) is 0 Å². The number of nitrogens with zero attached hydrogens (tertiary/aromatic N) is 2. The highest BCUT2D eigenvalue weighted by Crippen LogP contribution is 2.40. The number of aliphatic hydroxyl groups is 1. The lowest BCUT2D eigenvalue weighted by Gasteiger charge is -2.34. The molecule has 0 spiro atoms. The van der Waals surface area contributed by atoms with Crippen LogP contribution in [0.1, 0.15) is 19.5 Å². The number of hydrogen-bond acceptors (Lipinski definition) is 6. The molecule has 0 aromatic carbocycles. The average molecular weight is 336 g/mol. The lowest BCUT2D eigenvalue weighted by Crippen LogP contribution is -2.49. The molecule has 1 N–H and O–H groups in total. The second kappa shape index (κ2) is 5.37. The van der Waals surface area contributed by atoms with Gasteiger partial charge in [-0.1, -0.05) is 0 Å². The Hall–Kier alpha value is -1.28. The molecule has 6 nitrogen and oxygen atoms in total. The number of pyridine rings is 1. The van der Waals surface area contributed by atoms with E-state index in [1.54, 1.807) is 11.8 Å². The molecule has 0 saturated carbocycles. The van der Waals surface area contributed by atoms with E-state index in [4.69, 9.17) is 14.2 Å². The van der Waals surface area contributed by atoms with E-state index in [0.717, 1.165) is 17.1 Å². The molecule has 0 unspecified atom stereocenters. The van der Waals surface area contributed by atoms with Crippen molar-refractivity contribution in [3.63, 3.8) is 0 Å². The summed E-state index contributed by atoms with van der Waals surface area (Å²) in [5.74, 6) is 0.729. The van der Waals surface area contributed by atoms with Gasteiger partial charge in [0.2, 0.25) is 0 Å². The van der Waals surface area contributed by atoms with Gasteiger partial charge in [-0.2, -0.15) is 0 Å². The molecule has 0 bridgehead atoms. The second-order valence-electron chi connectivity index (χ2n) is 6.43. The van der Waals surface area contributed by atoms with Crippen LogP contribution in [0.15, 0.2) is 24.5 Å². The van der Waals surface area contributed by atoms with Gasteiger partial charge in [-0.15, -0.1) is 11.8 Å². The zero-order valence-corrected chi connectivity index (χ0v) is 14.1. The molecule has 2 aromatic rings. The van der Waals surface area contributed by atoms with Crippen molar-refractivity contribution in [1.29, 1.82) is 0 Å².